The lowest BCUT2D eigenvalue weighted by Crippen LogP contribution is -2.63. The highest BCUT2D eigenvalue weighted by atomic mass is 16.5. The Balaban J connectivity index is 1.79. The van der Waals surface area contributed by atoms with Crippen LogP contribution in [0.5, 0.6) is 5.75 Å². The molecule has 1 unspecified atom stereocenters. The summed E-state index contributed by atoms with van der Waals surface area (Å²) < 4.78 is 5.73. The monoisotopic (exact) mass is 242 g/mol. The first-order chi connectivity index (χ1) is 8.72. The van der Waals surface area contributed by atoms with Crippen LogP contribution in [0.15, 0.2) is 24.3 Å². The fourth-order valence-electron chi connectivity index (χ4n) is 3.78. The molecular weight excluding hydrogens is 228 g/mol. The molecule has 0 amide bonds. The van der Waals surface area contributed by atoms with Gasteiger partial charge in [-0.25, -0.2) is 0 Å². The lowest BCUT2D eigenvalue weighted by atomic mass is 9.36. The van der Waals surface area contributed by atoms with Crippen molar-refractivity contribution in [2.75, 3.05) is 6.61 Å². The van der Waals surface area contributed by atoms with Crippen LogP contribution in [0.3, 0.4) is 0 Å². The van der Waals surface area contributed by atoms with E-state index in [9.17, 15) is 9.90 Å². The van der Waals surface area contributed by atoms with Crippen molar-refractivity contribution in [3.05, 3.63) is 35.4 Å². The molecular formula is C15H14O3. The van der Waals surface area contributed by atoms with E-state index in [1.807, 2.05) is 24.3 Å². The zero-order valence-corrected chi connectivity index (χ0v) is 9.93. The molecule has 2 bridgehead atoms. The van der Waals surface area contributed by atoms with Crippen LogP contribution in [0.1, 0.15) is 29.9 Å². The summed E-state index contributed by atoms with van der Waals surface area (Å²) in [6.07, 6.45) is 5.72. The molecule has 0 spiro atoms. The summed E-state index contributed by atoms with van der Waals surface area (Å²) in [6.45, 7) is 0.585. The maximum Gasteiger partial charge on any atom is 0.310 e. The van der Waals surface area contributed by atoms with Crippen LogP contribution in [0.2, 0.25) is 0 Å². The van der Waals surface area contributed by atoms with E-state index in [0.29, 0.717) is 12.5 Å². The quantitative estimate of drug-likeness (QED) is 0.867. The number of carbonyl (C=O) groups is 1. The standard InChI is InChI=1S/C15H14O3/c16-14(17)15-7-10(8-15)12(15)11-5-1-3-9-4-2-6-18-13(9)11/h1-5,10,12H,6-8H2,(H,16,17). The molecule has 3 saturated carbocycles. The zero-order valence-electron chi connectivity index (χ0n) is 9.93. The molecule has 1 aromatic rings. The Kier molecular flexibility index (Phi) is 1.79. The van der Waals surface area contributed by atoms with E-state index >= 15 is 0 Å². The number of carboxylic acid groups (broad SMARTS) is 1. The first-order valence-corrected chi connectivity index (χ1v) is 6.38. The van der Waals surface area contributed by atoms with E-state index in [2.05, 4.69) is 6.08 Å². The van der Waals surface area contributed by atoms with Gasteiger partial charge in [-0.2, -0.15) is 0 Å². The van der Waals surface area contributed by atoms with Gasteiger partial charge in [-0.3, -0.25) is 4.79 Å². The van der Waals surface area contributed by atoms with Gasteiger partial charge in [0.2, 0.25) is 0 Å². The molecule has 1 heterocycles. The van der Waals surface area contributed by atoms with E-state index in [4.69, 9.17) is 4.74 Å². The van der Waals surface area contributed by atoms with Gasteiger partial charge in [0, 0.05) is 11.5 Å². The Morgan fingerprint density at radius 1 is 1.39 bits per heavy atom. The number of fused-ring (bicyclic) bond motifs is 1. The van der Waals surface area contributed by atoms with Crippen molar-refractivity contribution in [1.82, 2.24) is 0 Å². The summed E-state index contributed by atoms with van der Waals surface area (Å²) in [5.41, 5.74) is 1.68. The molecule has 3 heteroatoms. The molecule has 0 aromatic heterocycles. The van der Waals surface area contributed by atoms with Gasteiger partial charge >= 0.3 is 5.97 Å². The van der Waals surface area contributed by atoms with Crippen molar-refractivity contribution in [2.24, 2.45) is 11.3 Å². The smallest absolute Gasteiger partial charge is 0.310 e. The molecule has 18 heavy (non-hydrogen) atoms. The Morgan fingerprint density at radius 2 is 2.22 bits per heavy atom. The minimum atomic E-state index is -0.640. The molecule has 5 rings (SSSR count). The van der Waals surface area contributed by atoms with Gasteiger partial charge in [-0.05, 0) is 30.4 Å². The van der Waals surface area contributed by atoms with Crippen LogP contribution in [0, 0.1) is 11.3 Å². The minimum absolute atomic E-state index is 0.163. The van der Waals surface area contributed by atoms with Crippen molar-refractivity contribution in [2.45, 2.75) is 18.8 Å². The summed E-state index contributed by atoms with van der Waals surface area (Å²) in [4.78, 5) is 11.4. The summed E-state index contributed by atoms with van der Waals surface area (Å²) in [6, 6.07) is 6.05. The SMILES string of the molecule is O=C(O)C12CC(C1)C2c1cccc2c1OCC=C2. The Morgan fingerprint density at radius 3 is 2.89 bits per heavy atom. The second-order valence-electron chi connectivity index (χ2n) is 5.59. The predicted octanol–water partition coefficient (Wildman–Crippen LogP) is 2.67. The summed E-state index contributed by atoms with van der Waals surface area (Å²) in [5, 5.41) is 9.41. The Bertz CT molecular complexity index is 567. The van der Waals surface area contributed by atoms with Gasteiger partial charge in [-0.15, -0.1) is 0 Å². The van der Waals surface area contributed by atoms with Crippen molar-refractivity contribution < 1.29 is 14.6 Å². The number of para-hydroxylation sites is 1. The molecule has 1 aliphatic heterocycles. The lowest BCUT2D eigenvalue weighted by molar-refractivity contribution is -0.195. The topological polar surface area (TPSA) is 46.5 Å². The number of carboxylic acids is 1. The highest BCUT2D eigenvalue weighted by Crippen LogP contribution is 2.74. The maximum absolute atomic E-state index is 11.4. The third kappa shape index (κ3) is 1.03. The van der Waals surface area contributed by atoms with Crippen molar-refractivity contribution in [3.8, 4) is 5.75 Å². The number of aliphatic carboxylic acids is 1. The zero-order chi connectivity index (χ0) is 12.3. The van der Waals surface area contributed by atoms with Crippen molar-refractivity contribution in [3.63, 3.8) is 0 Å². The molecule has 1 aromatic carbocycles. The van der Waals surface area contributed by atoms with Crippen LogP contribution in [0.25, 0.3) is 6.08 Å². The average molecular weight is 242 g/mol. The maximum atomic E-state index is 11.4. The predicted molar refractivity (Wildman–Crippen MR) is 66.5 cm³/mol. The van der Waals surface area contributed by atoms with E-state index < -0.39 is 11.4 Å². The number of benzene rings is 1. The van der Waals surface area contributed by atoms with Gasteiger partial charge in [0.15, 0.2) is 0 Å². The van der Waals surface area contributed by atoms with Gasteiger partial charge in [0.1, 0.15) is 12.4 Å². The van der Waals surface area contributed by atoms with Gasteiger partial charge in [0.05, 0.1) is 5.41 Å². The highest BCUT2D eigenvalue weighted by Gasteiger charge is 2.70. The second-order valence-corrected chi connectivity index (χ2v) is 5.59. The van der Waals surface area contributed by atoms with Crippen molar-refractivity contribution >= 4 is 12.0 Å². The van der Waals surface area contributed by atoms with Crippen LogP contribution >= 0.6 is 0 Å². The van der Waals surface area contributed by atoms with Crippen LogP contribution in [-0.4, -0.2) is 17.7 Å². The number of hydrogen-bond donors (Lipinski definition) is 1. The first-order valence-electron chi connectivity index (χ1n) is 6.38. The first kappa shape index (κ1) is 10.2. The Labute approximate surface area is 105 Å². The normalized spacial score (nSPS) is 34.9. The molecule has 4 aliphatic rings. The minimum Gasteiger partial charge on any atom is -0.489 e. The summed E-state index contributed by atoms with van der Waals surface area (Å²) >= 11 is 0. The Hall–Kier alpha value is -1.77. The number of rotatable bonds is 2. The molecule has 3 nitrogen and oxygen atoms in total. The average Bonchev–Trinajstić information content (AvgIpc) is 2.26. The third-order valence-corrected chi connectivity index (χ3v) is 4.78. The molecule has 0 radical (unpaired) electrons. The highest BCUT2D eigenvalue weighted by molar-refractivity contribution is 5.81. The largest absolute Gasteiger partial charge is 0.489 e. The van der Waals surface area contributed by atoms with E-state index in [1.165, 1.54) is 0 Å². The molecule has 1 atom stereocenters. The fraction of sp³-hybridized carbons (Fsp3) is 0.400. The van der Waals surface area contributed by atoms with Gasteiger partial charge in [-0.1, -0.05) is 24.3 Å². The van der Waals surface area contributed by atoms with Crippen molar-refractivity contribution in [1.29, 1.82) is 0 Å². The lowest BCUT2D eigenvalue weighted by Gasteiger charge is -2.65. The summed E-state index contributed by atoms with van der Waals surface area (Å²) in [5.74, 6) is 0.970. The molecule has 3 fully saturated rings. The van der Waals surface area contributed by atoms with Crippen LogP contribution < -0.4 is 4.74 Å². The molecule has 1 N–H and O–H groups in total. The van der Waals surface area contributed by atoms with Crippen LogP contribution in [0.4, 0.5) is 0 Å². The van der Waals surface area contributed by atoms with Gasteiger partial charge < -0.3 is 9.84 Å². The van der Waals surface area contributed by atoms with E-state index in [-0.39, 0.29) is 5.92 Å². The third-order valence-electron chi connectivity index (χ3n) is 4.78. The molecule has 3 aliphatic carbocycles. The molecule has 92 valence electrons. The second kappa shape index (κ2) is 3.16. The van der Waals surface area contributed by atoms with E-state index in [1.54, 1.807) is 0 Å². The van der Waals surface area contributed by atoms with Crippen LogP contribution in [-0.2, 0) is 4.79 Å². The number of ether oxygens (including phenoxy) is 1. The van der Waals surface area contributed by atoms with Gasteiger partial charge in [0.25, 0.3) is 0 Å². The fourth-order valence-corrected chi connectivity index (χ4v) is 3.78. The molecule has 0 saturated heterocycles. The number of hydrogen-bond acceptors (Lipinski definition) is 2. The summed E-state index contributed by atoms with van der Waals surface area (Å²) in [7, 11) is 0. The van der Waals surface area contributed by atoms with E-state index in [0.717, 1.165) is 29.7 Å².